The zero-order chi connectivity index (χ0) is 20.5. The SMILES string of the molecule is COC[C@H]1CN(C2=CN3c4cc(NC(C)C(N)=O)ccc4NC3CCO2)C(=O)O1. The van der Waals surface area contributed by atoms with E-state index >= 15 is 0 Å². The van der Waals surface area contributed by atoms with Crippen molar-refractivity contribution in [3.05, 3.63) is 30.3 Å². The summed E-state index contributed by atoms with van der Waals surface area (Å²) in [6.07, 6.45) is 1.76. The highest BCUT2D eigenvalue weighted by Crippen LogP contribution is 2.40. The molecule has 10 nitrogen and oxygen atoms in total. The van der Waals surface area contributed by atoms with Gasteiger partial charge in [0, 0.05) is 19.2 Å². The van der Waals surface area contributed by atoms with Crippen LogP contribution in [0.1, 0.15) is 13.3 Å². The number of hydrogen-bond donors (Lipinski definition) is 3. The number of anilines is 3. The molecule has 4 N–H and O–H groups in total. The Labute approximate surface area is 168 Å². The third-order valence-electron chi connectivity index (χ3n) is 5.13. The number of carbonyl (C=O) groups is 2. The Bertz CT molecular complexity index is 844. The van der Waals surface area contributed by atoms with Crippen LogP contribution in [0.5, 0.6) is 0 Å². The normalized spacial score (nSPS) is 23.8. The van der Waals surface area contributed by atoms with Crippen molar-refractivity contribution < 1.29 is 23.8 Å². The minimum absolute atomic E-state index is 0.000269. The zero-order valence-electron chi connectivity index (χ0n) is 16.4. The summed E-state index contributed by atoms with van der Waals surface area (Å²) in [6.45, 7) is 2.87. The maximum atomic E-state index is 12.3. The van der Waals surface area contributed by atoms with E-state index < -0.39 is 18.0 Å². The summed E-state index contributed by atoms with van der Waals surface area (Å²) >= 11 is 0. The lowest BCUT2D eigenvalue weighted by Gasteiger charge is -2.22. The minimum atomic E-state index is -0.492. The van der Waals surface area contributed by atoms with Gasteiger partial charge in [-0.05, 0) is 25.1 Å². The number of ether oxygens (including phenoxy) is 3. The molecular formula is C19H25N5O5. The zero-order valence-corrected chi connectivity index (χ0v) is 16.4. The molecule has 0 aliphatic carbocycles. The third kappa shape index (κ3) is 3.75. The van der Waals surface area contributed by atoms with Crippen molar-refractivity contribution in [2.75, 3.05) is 42.4 Å². The summed E-state index contributed by atoms with van der Waals surface area (Å²) in [5, 5.41) is 6.55. The van der Waals surface area contributed by atoms with Crippen LogP contribution in [0, 0.1) is 0 Å². The Kier molecular flexibility index (Phi) is 5.10. The minimum Gasteiger partial charge on any atom is -0.478 e. The summed E-state index contributed by atoms with van der Waals surface area (Å²) in [5.41, 5.74) is 8.01. The average Bonchev–Trinajstić information content (AvgIpc) is 3.13. The van der Waals surface area contributed by atoms with Gasteiger partial charge in [-0.25, -0.2) is 9.69 Å². The topological polar surface area (TPSA) is 118 Å². The molecule has 3 aliphatic rings. The molecule has 4 rings (SSSR count). The Morgan fingerprint density at radius 2 is 2.31 bits per heavy atom. The van der Waals surface area contributed by atoms with E-state index in [2.05, 4.69) is 10.6 Å². The van der Waals surface area contributed by atoms with Gasteiger partial charge in [-0.1, -0.05) is 0 Å². The quantitative estimate of drug-likeness (QED) is 0.649. The van der Waals surface area contributed by atoms with E-state index in [4.69, 9.17) is 19.9 Å². The lowest BCUT2D eigenvalue weighted by Crippen LogP contribution is -2.33. The van der Waals surface area contributed by atoms with Crippen molar-refractivity contribution in [2.45, 2.75) is 31.7 Å². The summed E-state index contributed by atoms with van der Waals surface area (Å²) in [4.78, 5) is 27.2. The molecule has 29 heavy (non-hydrogen) atoms. The van der Waals surface area contributed by atoms with Crippen LogP contribution >= 0.6 is 0 Å². The molecule has 1 aromatic carbocycles. The fraction of sp³-hybridized carbons (Fsp3) is 0.474. The van der Waals surface area contributed by atoms with Crippen LogP contribution < -0.4 is 21.3 Å². The van der Waals surface area contributed by atoms with Gasteiger partial charge in [0.1, 0.15) is 18.3 Å². The lowest BCUT2D eigenvalue weighted by atomic mass is 10.2. The first-order chi connectivity index (χ1) is 14.0. The van der Waals surface area contributed by atoms with Crippen molar-refractivity contribution in [1.82, 2.24) is 4.90 Å². The van der Waals surface area contributed by atoms with Gasteiger partial charge in [-0.2, -0.15) is 0 Å². The monoisotopic (exact) mass is 403 g/mol. The number of primary amides is 1. The molecule has 0 bridgehead atoms. The lowest BCUT2D eigenvalue weighted by molar-refractivity contribution is -0.118. The van der Waals surface area contributed by atoms with Crippen LogP contribution in [-0.2, 0) is 19.0 Å². The first kappa shape index (κ1) is 19.2. The number of cyclic esters (lactones) is 1. The fourth-order valence-electron chi connectivity index (χ4n) is 3.62. The standard InChI is InChI=1S/C19H25N5O5/c1-11(18(20)25)21-12-3-4-14-15(7-12)23-9-17(28-6-5-16(23)22-14)24-8-13(10-27-2)29-19(24)26/h3-4,7,9,11,13,16,21-22H,5-6,8,10H2,1-2H3,(H2,20,25)/t11?,13-,16?/m1/s1. The van der Waals surface area contributed by atoms with Gasteiger partial charge in [0.25, 0.3) is 0 Å². The van der Waals surface area contributed by atoms with Crippen LogP contribution in [0.4, 0.5) is 21.9 Å². The number of hydrogen-bond acceptors (Lipinski definition) is 8. The van der Waals surface area contributed by atoms with E-state index in [-0.39, 0.29) is 12.3 Å². The van der Waals surface area contributed by atoms with Crippen LogP contribution in [-0.4, -0.2) is 62.1 Å². The van der Waals surface area contributed by atoms with Crippen LogP contribution in [0.25, 0.3) is 0 Å². The number of rotatable bonds is 6. The fourth-order valence-corrected chi connectivity index (χ4v) is 3.62. The van der Waals surface area contributed by atoms with E-state index in [0.29, 0.717) is 25.6 Å². The van der Waals surface area contributed by atoms with E-state index in [9.17, 15) is 9.59 Å². The van der Waals surface area contributed by atoms with E-state index in [1.54, 1.807) is 14.0 Å². The molecule has 1 saturated heterocycles. The van der Waals surface area contributed by atoms with Crippen LogP contribution in [0.15, 0.2) is 30.3 Å². The molecule has 2 unspecified atom stereocenters. The number of methoxy groups -OCH3 is 1. The van der Waals surface area contributed by atoms with Crippen molar-refractivity contribution in [3.8, 4) is 0 Å². The predicted molar refractivity (Wildman–Crippen MR) is 106 cm³/mol. The number of nitrogens with two attached hydrogens (primary N) is 1. The first-order valence-corrected chi connectivity index (χ1v) is 9.52. The van der Waals surface area contributed by atoms with Gasteiger partial charge in [0.2, 0.25) is 11.8 Å². The van der Waals surface area contributed by atoms with Crippen molar-refractivity contribution in [3.63, 3.8) is 0 Å². The molecular weight excluding hydrogens is 378 g/mol. The second-order valence-electron chi connectivity index (χ2n) is 7.24. The number of nitrogens with zero attached hydrogens (tertiary/aromatic N) is 2. The first-order valence-electron chi connectivity index (χ1n) is 9.52. The molecule has 156 valence electrons. The Balaban J connectivity index is 1.59. The van der Waals surface area contributed by atoms with E-state index in [0.717, 1.165) is 23.5 Å². The molecule has 0 saturated carbocycles. The molecule has 2 amide bonds. The van der Waals surface area contributed by atoms with Crippen LogP contribution in [0.2, 0.25) is 0 Å². The summed E-state index contributed by atoms with van der Waals surface area (Å²) < 4.78 is 16.3. The molecule has 1 aromatic rings. The summed E-state index contributed by atoms with van der Waals surface area (Å²) in [6, 6.07) is 5.30. The van der Waals surface area contributed by atoms with Gasteiger partial charge in [0.15, 0.2) is 0 Å². The number of fused-ring (bicyclic) bond motifs is 3. The average molecular weight is 403 g/mol. The number of carbonyl (C=O) groups excluding carboxylic acids is 2. The van der Waals surface area contributed by atoms with E-state index in [1.807, 2.05) is 29.3 Å². The van der Waals surface area contributed by atoms with Crippen molar-refractivity contribution in [2.24, 2.45) is 5.73 Å². The number of amides is 2. The molecule has 3 atom stereocenters. The summed E-state index contributed by atoms with van der Waals surface area (Å²) in [7, 11) is 1.57. The predicted octanol–water partition coefficient (Wildman–Crippen LogP) is 1.22. The maximum absolute atomic E-state index is 12.3. The molecule has 3 heterocycles. The summed E-state index contributed by atoms with van der Waals surface area (Å²) in [5.74, 6) is 0.0135. The molecule has 0 radical (unpaired) electrons. The second-order valence-corrected chi connectivity index (χ2v) is 7.24. The maximum Gasteiger partial charge on any atom is 0.417 e. The van der Waals surface area contributed by atoms with Crippen LogP contribution in [0.3, 0.4) is 0 Å². The Hall–Kier alpha value is -3.14. The molecule has 1 fully saturated rings. The Morgan fingerprint density at radius 3 is 3.07 bits per heavy atom. The highest BCUT2D eigenvalue weighted by Gasteiger charge is 2.38. The highest BCUT2D eigenvalue weighted by atomic mass is 16.6. The molecule has 0 aromatic heterocycles. The highest BCUT2D eigenvalue weighted by molar-refractivity contribution is 5.85. The van der Waals surface area contributed by atoms with Gasteiger partial charge in [-0.3, -0.25) is 4.79 Å². The van der Waals surface area contributed by atoms with Gasteiger partial charge >= 0.3 is 6.09 Å². The van der Waals surface area contributed by atoms with Gasteiger partial charge in [0.05, 0.1) is 37.3 Å². The largest absolute Gasteiger partial charge is 0.478 e. The van der Waals surface area contributed by atoms with E-state index in [1.165, 1.54) is 4.90 Å². The number of benzene rings is 1. The molecule has 0 spiro atoms. The van der Waals surface area contributed by atoms with Crippen molar-refractivity contribution in [1.29, 1.82) is 0 Å². The molecule has 10 heteroatoms. The Morgan fingerprint density at radius 1 is 1.48 bits per heavy atom. The van der Waals surface area contributed by atoms with Gasteiger partial charge < -0.3 is 35.5 Å². The van der Waals surface area contributed by atoms with Gasteiger partial charge in [-0.15, -0.1) is 0 Å². The van der Waals surface area contributed by atoms with Crippen molar-refractivity contribution >= 4 is 29.1 Å². The second kappa shape index (κ2) is 7.70. The molecule has 3 aliphatic heterocycles. The number of nitrogens with one attached hydrogen (secondary N) is 2. The smallest absolute Gasteiger partial charge is 0.417 e. The third-order valence-corrected chi connectivity index (χ3v) is 5.13.